The second-order valence-corrected chi connectivity index (χ2v) is 9.97. The molecule has 34 heavy (non-hydrogen) atoms. The van der Waals surface area contributed by atoms with E-state index >= 15 is 0 Å². The van der Waals surface area contributed by atoms with E-state index in [9.17, 15) is 24.9 Å². The fourth-order valence-corrected chi connectivity index (χ4v) is 4.95. The number of rotatable bonds is 13. The highest BCUT2D eigenvalue weighted by Crippen LogP contribution is 2.42. The molecule has 1 aromatic rings. The molecule has 1 aromatic carbocycles. The second kappa shape index (κ2) is 11.0. The minimum absolute atomic E-state index is 0.0971. The molecule has 3 rings (SSSR count). The molecule has 3 N–H and O–H groups in total. The summed E-state index contributed by atoms with van der Waals surface area (Å²) in [5.41, 5.74) is 2.39. The van der Waals surface area contributed by atoms with E-state index in [4.69, 9.17) is 0 Å². The molecule has 184 valence electrons. The minimum Gasteiger partial charge on any atom is -0.504 e. The number of Topliss-reactive ketones (excluding diaryl/α,β-unsaturated/α-hetero) is 1. The third kappa shape index (κ3) is 5.26. The number of nitrogens with zero attached hydrogens (tertiary/aromatic N) is 1. The standard InChI is InChI=1S/C28H37NO5/c1-4-5-6-7-8-9-10-11-12-13-16-29-22-15-14-19(27(33)34)17-21(22)28(2,3)23(29)18-20-24(30)26(32)25(20)31/h14-15,17-18H,4-13,16H2,1-3H3,(H2,30,31,33,34)/p+1. The van der Waals surface area contributed by atoms with E-state index in [0.717, 1.165) is 36.3 Å². The molecule has 0 saturated heterocycles. The number of allylic oxidation sites excluding steroid dienone is 3. The molecule has 0 saturated carbocycles. The van der Waals surface area contributed by atoms with Crippen molar-refractivity contribution in [3.05, 3.63) is 52.5 Å². The number of hydrogen-bond acceptors (Lipinski definition) is 4. The largest absolute Gasteiger partial charge is 0.504 e. The molecule has 1 heterocycles. The maximum Gasteiger partial charge on any atom is 0.335 e. The Hall–Kier alpha value is -2.89. The lowest BCUT2D eigenvalue weighted by Crippen LogP contribution is -2.31. The maximum atomic E-state index is 12.1. The van der Waals surface area contributed by atoms with E-state index in [1.807, 2.05) is 19.9 Å². The van der Waals surface area contributed by atoms with Gasteiger partial charge in [-0.05, 0) is 32.4 Å². The van der Waals surface area contributed by atoms with Gasteiger partial charge in [-0.2, -0.15) is 4.58 Å². The summed E-state index contributed by atoms with van der Waals surface area (Å²) in [5.74, 6) is -2.53. The van der Waals surface area contributed by atoms with Crippen LogP contribution in [0.2, 0.25) is 0 Å². The van der Waals surface area contributed by atoms with Crippen molar-refractivity contribution >= 4 is 23.2 Å². The van der Waals surface area contributed by atoms with Gasteiger partial charge in [-0.1, -0.05) is 58.3 Å². The number of aliphatic hydroxyl groups excluding tert-OH is 2. The first-order chi connectivity index (χ1) is 16.2. The van der Waals surface area contributed by atoms with E-state index in [1.54, 1.807) is 18.2 Å². The number of benzene rings is 1. The lowest BCUT2D eigenvalue weighted by atomic mass is 9.79. The van der Waals surface area contributed by atoms with Gasteiger partial charge >= 0.3 is 5.97 Å². The molecule has 6 heteroatoms. The summed E-state index contributed by atoms with van der Waals surface area (Å²) >= 11 is 0. The monoisotopic (exact) mass is 468 g/mol. The van der Waals surface area contributed by atoms with Gasteiger partial charge in [0.15, 0.2) is 11.5 Å². The van der Waals surface area contributed by atoms with E-state index in [1.165, 1.54) is 51.4 Å². The smallest absolute Gasteiger partial charge is 0.335 e. The Bertz CT molecular complexity index is 1040. The summed E-state index contributed by atoms with van der Waals surface area (Å²) in [5, 5.41) is 29.0. The molecule has 1 aliphatic heterocycles. The highest BCUT2D eigenvalue weighted by Gasteiger charge is 2.46. The number of ketones is 1. The average Bonchev–Trinajstić information content (AvgIpc) is 3.03. The van der Waals surface area contributed by atoms with Crippen molar-refractivity contribution < 1.29 is 29.5 Å². The first kappa shape index (κ1) is 25.7. The Balaban J connectivity index is 1.74. The highest BCUT2D eigenvalue weighted by molar-refractivity contribution is 6.21. The van der Waals surface area contributed by atoms with Gasteiger partial charge in [0.25, 0.3) is 0 Å². The van der Waals surface area contributed by atoms with Gasteiger partial charge in [0.05, 0.1) is 16.6 Å². The van der Waals surface area contributed by atoms with Gasteiger partial charge in [0.1, 0.15) is 6.54 Å². The SMILES string of the molecule is CCCCCCCCCCCC[N+]1=C(/C=C2/C(=O)C(O)=C2O)C(C)(C)c2cc(C(=O)O)ccc21. The molecular weight excluding hydrogens is 430 g/mol. The normalized spacial score (nSPS) is 18.0. The quantitative estimate of drug-likeness (QED) is 0.174. The number of carbonyl (C=O) groups is 2. The molecule has 0 fully saturated rings. The van der Waals surface area contributed by atoms with Crippen LogP contribution in [-0.4, -0.2) is 43.9 Å². The number of carbonyl (C=O) groups excluding carboxylic acids is 1. The molecule has 0 amide bonds. The Morgan fingerprint density at radius 1 is 0.941 bits per heavy atom. The van der Waals surface area contributed by atoms with Crippen LogP contribution in [0, 0.1) is 0 Å². The van der Waals surface area contributed by atoms with Crippen molar-refractivity contribution in [3.63, 3.8) is 0 Å². The van der Waals surface area contributed by atoms with Gasteiger partial charge in [-0.25, -0.2) is 4.79 Å². The predicted molar refractivity (Wildman–Crippen MR) is 133 cm³/mol. The van der Waals surface area contributed by atoms with Crippen molar-refractivity contribution in [2.24, 2.45) is 0 Å². The zero-order valence-electron chi connectivity index (χ0n) is 20.7. The minimum atomic E-state index is -0.980. The Morgan fingerprint density at radius 2 is 1.53 bits per heavy atom. The van der Waals surface area contributed by atoms with Gasteiger partial charge in [-0.3, -0.25) is 4.79 Å². The third-order valence-electron chi connectivity index (χ3n) is 7.09. The number of carboxylic acids is 1. The molecular formula is C28H38NO5+. The number of fused-ring (bicyclic) bond motifs is 1. The van der Waals surface area contributed by atoms with Crippen LogP contribution in [0.1, 0.15) is 101 Å². The summed E-state index contributed by atoms with van der Waals surface area (Å²) in [6.07, 6.45) is 14.0. The van der Waals surface area contributed by atoms with Gasteiger partial charge in [0, 0.05) is 24.1 Å². The van der Waals surface area contributed by atoms with E-state index in [0.29, 0.717) is 0 Å². The highest BCUT2D eigenvalue weighted by atomic mass is 16.4. The van der Waals surface area contributed by atoms with E-state index < -0.39 is 22.9 Å². The van der Waals surface area contributed by atoms with Crippen LogP contribution in [0.25, 0.3) is 0 Å². The van der Waals surface area contributed by atoms with Crippen LogP contribution < -0.4 is 0 Å². The van der Waals surface area contributed by atoms with Crippen molar-refractivity contribution in [2.75, 3.05) is 6.54 Å². The predicted octanol–water partition coefficient (Wildman–Crippen LogP) is 6.52. The summed E-state index contributed by atoms with van der Waals surface area (Å²) in [6.45, 7) is 6.96. The van der Waals surface area contributed by atoms with Crippen LogP contribution >= 0.6 is 0 Å². The van der Waals surface area contributed by atoms with Crippen LogP contribution in [0.15, 0.2) is 41.4 Å². The molecule has 0 aromatic heterocycles. The lowest BCUT2D eigenvalue weighted by Gasteiger charge is -2.19. The van der Waals surface area contributed by atoms with Crippen LogP contribution in [0.3, 0.4) is 0 Å². The van der Waals surface area contributed by atoms with Crippen LogP contribution in [-0.2, 0) is 10.2 Å². The zero-order chi connectivity index (χ0) is 24.9. The van der Waals surface area contributed by atoms with Crippen LogP contribution in [0.5, 0.6) is 0 Å². The third-order valence-corrected chi connectivity index (χ3v) is 7.09. The van der Waals surface area contributed by atoms with Crippen LogP contribution in [0.4, 0.5) is 5.69 Å². The fourth-order valence-electron chi connectivity index (χ4n) is 4.95. The Labute approximate surface area is 202 Å². The number of aromatic carboxylic acids is 1. The summed E-state index contributed by atoms with van der Waals surface area (Å²) in [4.78, 5) is 23.6. The molecule has 1 aliphatic carbocycles. The number of unbranched alkanes of at least 4 members (excludes halogenated alkanes) is 9. The molecule has 0 unspecified atom stereocenters. The summed E-state index contributed by atoms with van der Waals surface area (Å²) in [7, 11) is 0. The first-order valence-electron chi connectivity index (χ1n) is 12.6. The Morgan fingerprint density at radius 3 is 2.09 bits per heavy atom. The lowest BCUT2D eigenvalue weighted by molar-refractivity contribution is -0.438. The topological polar surface area (TPSA) is 97.8 Å². The van der Waals surface area contributed by atoms with Gasteiger partial charge in [0.2, 0.25) is 17.2 Å². The van der Waals surface area contributed by atoms with E-state index in [2.05, 4.69) is 11.5 Å². The Kier molecular flexibility index (Phi) is 8.34. The van der Waals surface area contributed by atoms with Gasteiger partial charge < -0.3 is 15.3 Å². The molecule has 0 spiro atoms. The van der Waals surface area contributed by atoms with Crippen molar-refractivity contribution in [2.45, 2.75) is 90.4 Å². The van der Waals surface area contributed by atoms with Crippen molar-refractivity contribution in [1.82, 2.24) is 0 Å². The number of aliphatic hydroxyl groups is 2. The van der Waals surface area contributed by atoms with Crippen molar-refractivity contribution in [3.8, 4) is 0 Å². The average molecular weight is 469 g/mol. The van der Waals surface area contributed by atoms with E-state index in [-0.39, 0.29) is 16.9 Å². The summed E-state index contributed by atoms with van der Waals surface area (Å²) in [6, 6.07) is 5.14. The number of carboxylic acid groups (broad SMARTS) is 1. The maximum absolute atomic E-state index is 12.1. The fraction of sp³-hybridized carbons (Fsp3) is 0.536. The molecule has 0 radical (unpaired) electrons. The molecule has 2 aliphatic rings. The summed E-state index contributed by atoms with van der Waals surface area (Å²) < 4.78 is 2.13. The zero-order valence-corrected chi connectivity index (χ0v) is 20.7. The molecule has 0 bridgehead atoms. The van der Waals surface area contributed by atoms with Crippen molar-refractivity contribution in [1.29, 1.82) is 0 Å². The number of hydrogen-bond donors (Lipinski definition) is 3. The first-order valence-corrected chi connectivity index (χ1v) is 12.6. The van der Waals surface area contributed by atoms with Gasteiger partial charge in [-0.15, -0.1) is 0 Å². The second-order valence-electron chi connectivity index (χ2n) is 9.97. The molecule has 0 atom stereocenters. The molecule has 6 nitrogen and oxygen atoms in total.